The van der Waals surface area contributed by atoms with E-state index in [1.165, 1.54) is 0 Å². The number of aromatic nitrogens is 3. The maximum atomic E-state index is 5.35. The van der Waals surface area contributed by atoms with Crippen LogP contribution in [0.5, 0.6) is 0 Å². The average Bonchev–Trinajstić information content (AvgIpc) is 2.67. The molecule has 5 heteroatoms. The summed E-state index contributed by atoms with van der Waals surface area (Å²) in [6, 6.07) is 12.2. The molecule has 0 atom stereocenters. The van der Waals surface area contributed by atoms with Crippen molar-refractivity contribution in [1.29, 1.82) is 0 Å². The normalized spacial score (nSPS) is 15.2. The smallest absolute Gasteiger partial charge is 0.225 e. The number of anilines is 1. The molecule has 1 aromatic carbocycles. The molecule has 0 aliphatic carbocycles. The molecule has 1 aliphatic heterocycles. The van der Waals surface area contributed by atoms with E-state index in [0.717, 1.165) is 54.4 Å². The van der Waals surface area contributed by atoms with Gasteiger partial charge in [0.25, 0.3) is 0 Å². The zero-order valence-corrected chi connectivity index (χ0v) is 13.3. The zero-order valence-electron chi connectivity index (χ0n) is 13.3. The van der Waals surface area contributed by atoms with Gasteiger partial charge in [0.1, 0.15) is 0 Å². The molecule has 0 radical (unpaired) electrons. The Morgan fingerprint density at radius 2 is 1.71 bits per heavy atom. The van der Waals surface area contributed by atoms with Crippen LogP contribution in [0.4, 0.5) is 5.95 Å². The Bertz CT molecular complexity index is 855. The first-order chi connectivity index (χ1) is 11.9. The number of para-hydroxylation sites is 1. The van der Waals surface area contributed by atoms with Gasteiger partial charge in [0.05, 0.1) is 24.4 Å². The number of nitrogens with zero attached hydrogens (tertiary/aromatic N) is 4. The van der Waals surface area contributed by atoms with Gasteiger partial charge in [-0.25, -0.2) is 15.0 Å². The van der Waals surface area contributed by atoms with E-state index in [2.05, 4.69) is 32.0 Å². The van der Waals surface area contributed by atoms with Crippen LogP contribution in [-0.4, -0.2) is 41.3 Å². The molecule has 1 saturated heterocycles. The third-order valence-electron chi connectivity index (χ3n) is 4.02. The standard InChI is InChI=1S/C19H18N4O/c1-2-4-18-16(3-1)6-8-17(22-18)7-5-15-13-20-19(21-14-15)23-9-11-24-12-10-23/h1-8,13-14H,9-12H2/b7-5+. The Morgan fingerprint density at radius 3 is 2.54 bits per heavy atom. The number of benzene rings is 1. The van der Waals surface area contributed by atoms with E-state index in [-0.39, 0.29) is 0 Å². The summed E-state index contributed by atoms with van der Waals surface area (Å²) >= 11 is 0. The maximum Gasteiger partial charge on any atom is 0.225 e. The highest BCUT2D eigenvalue weighted by molar-refractivity contribution is 5.80. The molecule has 0 saturated carbocycles. The van der Waals surface area contributed by atoms with E-state index in [1.807, 2.05) is 48.8 Å². The minimum Gasteiger partial charge on any atom is -0.378 e. The van der Waals surface area contributed by atoms with E-state index < -0.39 is 0 Å². The van der Waals surface area contributed by atoms with Gasteiger partial charge in [0.2, 0.25) is 5.95 Å². The van der Waals surface area contributed by atoms with E-state index in [1.54, 1.807) is 0 Å². The summed E-state index contributed by atoms with van der Waals surface area (Å²) in [5.74, 6) is 0.763. The van der Waals surface area contributed by atoms with Gasteiger partial charge in [0, 0.05) is 36.4 Å². The van der Waals surface area contributed by atoms with Crippen LogP contribution in [0.2, 0.25) is 0 Å². The lowest BCUT2D eigenvalue weighted by Gasteiger charge is -2.26. The minimum atomic E-state index is 0.735. The third-order valence-corrected chi connectivity index (χ3v) is 4.02. The molecular weight excluding hydrogens is 300 g/mol. The largest absolute Gasteiger partial charge is 0.378 e. The quantitative estimate of drug-likeness (QED) is 0.743. The summed E-state index contributed by atoms with van der Waals surface area (Å²) in [4.78, 5) is 15.7. The van der Waals surface area contributed by atoms with E-state index in [4.69, 9.17) is 4.74 Å². The summed E-state index contributed by atoms with van der Waals surface area (Å²) in [5, 5.41) is 1.15. The second-order valence-corrected chi connectivity index (χ2v) is 5.68. The van der Waals surface area contributed by atoms with Gasteiger partial charge in [-0.15, -0.1) is 0 Å². The molecule has 1 aliphatic rings. The van der Waals surface area contributed by atoms with Crippen LogP contribution >= 0.6 is 0 Å². The van der Waals surface area contributed by atoms with Gasteiger partial charge < -0.3 is 9.64 Å². The van der Waals surface area contributed by atoms with Crippen LogP contribution in [0.15, 0.2) is 48.8 Å². The molecule has 5 nitrogen and oxygen atoms in total. The molecule has 0 amide bonds. The molecule has 0 N–H and O–H groups in total. The summed E-state index contributed by atoms with van der Waals surface area (Å²) in [7, 11) is 0. The molecule has 1 fully saturated rings. The van der Waals surface area contributed by atoms with Gasteiger partial charge in [-0.3, -0.25) is 0 Å². The van der Waals surface area contributed by atoms with Gasteiger partial charge in [0.15, 0.2) is 0 Å². The van der Waals surface area contributed by atoms with Crippen molar-refractivity contribution in [2.45, 2.75) is 0 Å². The van der Waals surface area contributed by atoms with E-state index in [9.17, 15) is 0 Å². The lowest BCUT2D eigenvalue weighted by molar-refractivity contribution is 0.122. The molecule has 0 bridgehead atoms. The van der Waals surface area contributed by atoms with Gasteiger partial charge >= 0.3 is 0 Å². The molecule has 3 heterocycles. The van der Waals surface area contributed by atoms with Crippen LogP contribution in [0.3, 0.4) is 0 Å². The Morgan fingerprint density at radius 1 is 0.917 bits per heavy atom. The van der Waals surface area contributed by atoms with Crippen molar-refractivity contribution in [2.75, 3.05) is 31.2 Å². The average molecular weight is 318 g/mol. The number of hydrogen-bond donors (Lipinski definition) is 0. The zero-order chi connectivity index (χ0) is 16.2. The van der Waals surface area contributed by atoms with Gasteiger partial charge in [-0.1, -0.05) is 24.3 Å². The molecule has 0 spiro atoms. The minimum absolute atomic E-state index is 0.735. The molecule has 120 valence electrons. The summed E-state index contributed by atoms with van der Waals surface area (Å²) in [6.45, 7) is 3.16. The number of morpholine rings is 1. The first kappa shape index (κ1) is 14.8. The summed E-state index contributed by atoms with van der Waals surface area (Å²) in [6.07, 6.45) is 7.66. The number of pyridine rings is 1. The van der Waals surface area contributed by atoms with Crippen molar-refractivity contribution >= 4 is 29.0 Å². The van der Waals surface area contributed by atoms with Crippen LogP contribution in [0.1, 0.15) is 11.3 Å². The highest BCUT2D eigenvalue weighted by atomic mass is 16.5. The van der Waals surface area contributed by atoms with Crippen molar-refractivity contribution < 1.29 is 4.74 Å². The monoisotopic (exact) mass is 318 g/mol. The number of fused-ring (bicyclic) bond motifs is 1. The van der Waals surface area contributed by atoms with Crippen molar-refractivity contribution in [3.8, 4) is 0 Å². The van der Waals surface area contributed by atoms with Crippen molar-refractivity contribution in [2.24, 2.45) is 0 Å². The Hall–Kier alpha value is -2.79. The fourth-order valence-electron chi connectivity index (χ4n) is 2.70. The number of rotatable bonds is 3. The van der Waals surface area contributed by atoms with Crippen molar-refractivity contribution in [3.05, 3.63) is 60.0 Å². The highest BCUT2D eigenvalue weighted by Gasteiger charge is 2.12. The fraction of sp³-hybridized carbons (Fsp3) is 0.211. The van der Waals surface area contributed by atoms with Crippen LogP contribution in [0.25, 0.3) is 23.1 Å². The van der Waals surface area contributed by atoms with Crippen LogP contribution < -0.4 is 4.90 Å². The van der Waals surface area contributed by atoms with Gasteiger partial charge in [-0.2, -0.15) is 0 Å². The first-order valence-corrected chi connectivity index (χ1v) is 8.07. The maximum absolute atomic E-state index is 5.35. The molecule has 0 unspecified atom stereocenters. The third kappa shape index (κ3) is 3.26. The molecule has 3 aromatic rings. The highest BCUT2D eigenvalue weighted by Crippen LogP contribution is 2.14. The van der Waals surface area contributed by atoms with Gasteiger partial charge in [-0.05, 0) is 24.3 Å². The first-order valence-electron chi connectivity index (χ1n) is 8.07. The predicted octanol–water partition coefficient (Wildman–Crippen LogP) is 3.03. The summed E-state index contributed by atoms with van der Waals surface area (Å²) in [5.41, 5.74) is 2.88. The molecular formula is C19H18N4O. The topological polar surface area (TPSA) is 51.1 Å². The van der Waals surface area contributed by atoms with Crippen molar-refractivity contribution in [3.63, 3.8) is 0 Å². The van der Waals surface area contributed by atoms with Crippen molar-refractivity contribution in [1.82, 2.24) is 15.0 Å². The van der Waals surface area contributed by atoms with Crippen LogP contribution in [-0.2, 0) is 4.74 Å². The molecule has 24 heavy (non-hydrogen) atoms. The lowest BCUT2D eigenvalue weighted by atomic mass is 10.2. The van der Waals surface area contributed by atoms with Crippen LogP contribution in [0, 0.1) is 0 Å². The van der Waals surface area contributed by atoms with E-state index in [0.29, 0.717) is 0 Å². The molecule has 2 aromatic heterocycles. The Balaban J connectivity index is 1.50. The Kier molecular flexibility index (Phi) is 4.16. The number of hydrogen-bond acceptors (Lipinski definition) is 5. The fourth-order valence-corrected chi connectivity index (χ4v) is 2.70. The molecule has 4 rings (SSSR count). The Labute approximate surface area is 140 Å². The predicted molar refractivity (Wildman–Crippen MR) is 95.7 cm³/mol. The second kappa shape index (κ2) is 6.76. The second-order valence-electron chi connectivity index (χ2n) is 5.68. The SMILES string of the molecule is C(=C\c1ccc2ccccc2n1)/c1cnc(N2CCOCC2)nc1. The van der Waals surface area contributed by atoms with E-state index >= 15 is 0 Å². The lowest BCUT2D eigenvalue weighted by Crippen LogP contribution is -2.37. The summed E-state index contributed by atoms with van der Waals surface area (Å²) < 4.78 is 5.35. The number of ether oxygens (including phenoxy) is 1.